The van der Waals surface area contributed by atoms with Gasteiger partial charge in [0.15, 0.2) is 5.69 Å². The lowest BCUT2D eigenvalue weighted by Gasteiger charge is -2.56. The molecule has 0 saturated heterocycles. The SMILES string of the molecule is Cc1c(CCO)sc[n+]1CC(=O)OCC12CC3CC(CC(C3)C1)C2. The van der Waals surface area contributed by atoms with Gasteiger partial charge in [0.25, 0.3) is 0 Å². The number of thiazole rings is 1. The van der Waals surface area contributed by atoms with Gasteiger partial charge in [-0.05, 0) is 56.3 Å². The lowest BCUT2D eigenvalue weighted by atomic mass is 9.50. The molecule has 0 spiro atoms. The first-order valence-electron chi connectivity index (χ1n) is 9.30. The molecule has 132 valence electrons. The minimum Gasteiger partial charge on any atom is -0.460 e. The highest BCUT2D eigenvalue weighted by Gasteiger charge is 2.51. The van der Waals surface area contributed by atoms with Crippen molar-refractivity contribution in [3.63, 3.8) is 0 Å². The van der Waals surface area contributed by atoms with Gasteiger partial charge in [0.05, 0.1) is 11.5 Å². The van der Waals surface area contributed by atoms with Crippen molar-refractivity contribution in [2.45, 2.75) is 58.4 Å². The quantitative estimate of drug-likeness (QED) is 0.634. The second kappa shape index (κ2) is 6.41. The highest BCUT2D eigenvalue weighted by atomic mass is 32.1. The predicted molar refractivity (Wildman–Crippen MR) is 91.6 cm³/mol. The summed E-state index contributed by atoms with van der Waals surface area (Å²) in [5, 5.41) is 9.08. The van der Waals surface area contributed by atoms with Crippen molar-refractivity contribution < 1.29 is 19.2 Å². The van der Waals surface area contributed by atoms with Crippen molar-refractivity contribution in [2.24, 2.45) is 23.2 Å². The van der Waals surface area contributed by atoms with E-state index in [2.05, 4.69) is 0 Å². The molecule has 4 aliphatic rings. The van der Waals surface area contributed by atoms with E-state index < -0.39 is 0 Å². The molecule has 0 radical (unpaired) electrons. The molecular formula is C19H28NO3S+. The number of carbonyl (C=O) groups is 1. The van der Waals surface area contributed by atoms with Gasteiger partial charge in [0.2, 0.25) is 12.1 Å². The van der Waals surface area contributed by atoms with Crippen LogP contribution in [-0.4, -0.2) is 24.3 Å². The number of hydrogen-bond donors (Lipinski definition) is 1. The molecule has 0 aromatic carbocycles. The molecule has 4 bridgehead atoms. The molecule has 4 nitrogen and oxygen atoms in total. The molecule has 4 aliphatic carbocycles. The number of esters is 1. The Morgan fingerprint density at radius 3 is 2.50 bits per heavy atom. The molecule has 4 fully saturated rings. The van der Waals surface area contributed by atoms with Crippen molar-refractivity contribution >= 4 is 17.3 Å². The number of hydrogen-bond acceptors (Lipinski definition) is 4. The Morgan fingerprint density at radius 2 is 1.92 bits per heavy atom. The first-order chi connectivity index (χ1) is 11.6. The predicted octanol–water partition coefficient (Wildman–Crippen LogP) is 2.64. The Hall–Kier alpha value is -0.940. The maximum Gasteiger partial charge on any atom is 0.372 e. The average molecular weight is 351 g/mol. The zero-order valence-corrected chi connectivity index (χ0v) is 15.3. The van der Waals surface area contributed by atoms with Crippen LogP contribution >= 0.6 is 11.3 Å². The van der Waals surface area contributed by atoms with E-state index in [-0.39, 0.29) is 12.6 Å². The largest absolute Gasteiger partial charge is 0.460 e. The highest BCUT2D eigenvalue weighted by molar-refractivity contribution is 7.09. The molecule has 5 heteroatoms. The number of aliphatic hydroxyl groups is 1. The van der Waals surface area contributed by atoms with Crippen LogP contribution in [-0.2, 0) is 22.5 Å². The van der Waals surface area contributed by atoms with Gasteiger partial charge < -0.3 is 9.84 Å². The van der Waals surface area contributed by atoms with E-state index in [0.717, 1.165) is 28.3 Å². The number of ether oxygens (including phenoxy) is 1. The van der Waals surface area contributed by atoms with E-state index in [0.29, 0.717) is 25.0 Å². The fraction of sp³-hybridized carbons (Fsp3) is 0.789. The van der Waals surface area contributed by atoms with Crippen LogP contribution < -0.4 is 4.57 Å². The van der Waals surface area contributed by atoms with Crippen molar-refractivity contribution in [1.29, 1.82) is 0 Å². The van der Waals surface area contributed by atoms with Crippen LogP contribution in [0.1, 0.15) is 49.1 Å². The van der Waals surface area contributed by atoms with Gasteiger partial charge in [-0.25, -0.2) is 4.79 Å². The van der Waals surface area contributed by atoms with E-state index in [9.17, 15) is 4.79 Å². The molecule has 24 heavy (non-hydrogen) atoms. The van der Waals surface area contributed by atoms with E-state index in [1.54, 1.807) is 11.3 Å². The van der Waals surface area contributed by atoms with E-state index in [1.165, 1.54) is 38.5 Å². The molecule has 0 unspecified atom stereocenters. The summed E-state index contributed by atoms with van der Waals surface area (Å²) in [7, 11) is 0. The molecule has 1 aromatic heterocycles. The van der Waals surface area contributed by atoms with E-state index in [4.69, 9.17) is 9.84 Å². The van der Waals surface area contributed by atoms with Crippen molar-refractivity contribution in [1.82, 2.24) is 0 Å². The van der Waals surface area contributed by atoms with Gasteiger partial charge in [-0.15, -0.1) is 0 Å². The third-order valence-corrected chi connectivity index (χ3v) is 7.64. The zero-order valence-electron chi connectivity index (χ0n) is 14.5. The number of nitrogens with zero attached hydrogens (tertiary/aromatic N) is 1. The number of carbonyl (C=O) groups excluding carboxylic acids is 1. The van der Waals surface area contributed by atoms with Crippen LogP contribution in [0.4, 0.5) is 0 Å². The lowest BCUT2D eigenvalue weighted by molar-refractivity contribution is -0.687. The molecule has 0 atom stereocenters. The van der Waals surface area contributed by atoms with Gasteiger partial charge in [0, 0.05) is 25.4 Å². The maximum atomic E-state index is 12.3. The fourth-order valence-corrected chi connectivity index (χ4v) is 6.82. The second-order valence-electron chi connectivity index (χ2n) is 8.41. The third-order valence-electron chi connectivity index (χ3n) is 6.50. The van der Waals surface area contributed by atoms with Crippen molar-refractivity contribution in [3.8, 4) is 0 Å². The minimum atomic E-state index is -0.118. The third kappa shape index (κ3) is 3.13. The minimum absolute atomic E-state index is 0.118. The Labute approximate surface area is 147 Å². The summed E-state index contributed by atoms with van der Waals surface area (Å²) in [6, 6.07) is 0. The first kappa shape index (κ1) is 16.5. The van der Waals surface area contributed by atoms with Gasteiger partial charge in [-0.2, -0.15) is 4.57 Å². The molecule has 1 aromatic rings. The summed E-state index contributed by atoms with van der Waals surface area (Å²) in [5.74, 6) is 2.56. The molecule has 0 aliphatic heterocycles. The summed E-state index contributed by atoms with van der Waals surface area (Å²) in [6.07, 6.45) is 8.75. The number of rotatable bonds is 6. The standard InChI is InChI=1S/C19H28NO3S/c1-13-17(2-3-21)24-12-20(13)10-18(22)23-11-19-7-14-4-15(8-19)6-16(5-14)9-19/h12,14-16,21H,2-11H2,1H3/q+1. The lowest BCUT2D eigenvalue weighted by Crippen LogP contribution is -2.49. The van der Waals surface area contributed by atoms with Gasteiger partial charge in [-0.3, -0.25) is 0 Å². The Morgan fingerprint density at radius 1 is 1.29 bits per heavy atom. The topological polar surface area (TPSA) is 50.4 Å². The average Bonchev–Trinajstić information content (AvgIpc) is 2.86. The Kier molecular flexibility index (Phi) is 4.42. The first-order valence-corrected chi connectivity index (χ1v) is 10.2. The smallest absolute Gasteiger partial charge is 0.372 e. The highest BCUT2D eigenvalue weighted by Crippen LogP contribution is 2.60. The van der Waals surface area contributed by atoms with Crippen molar-refractivity contribution in [2.75, 3.05) is 13.2 Å². The van der Waals surface area contributed by atoms with Crippen LogP contribution in [0.3, 0.4) is 0 Å². The van der Waals surface area contributed by atoms with E-state index in [1.807, 2.05) is 17.0 Å². The molecule has 4 saturated carbocycles. The second-order valence-corrected chi connectivity index (χ2v) is 9.35. The molecule has 0 amide bonds. The number of aromatic nitrogens is 1. The molecular weight excluding hydrogens is 322 g/mol. The monoisotopic (exact) mass is 350 g/mol. The normalized spacial score (nSPS) is 33.8. The van der Waals surface area contributed by atoms with Crippen LogP contribution in [0.2, 0.25) is 0 Å². The summed E-state index contributed by atoms with van der Waals surface area (Å²) in [6.45, 7) is 3.08. The summed E-state index contributed by atoms with van der Waals surface area (Å²) >= 11 is 1.60. The van der Waals surface area contributed by atoms with Crippen LogP contribution in [0.5, 0.6) is 0 Å². The van der Waals surface area contributed by atoms with E-state index >= 15 is 0 Å². The summed E-state index contributed by atoms with van der Waals surface area (Å²) in [4.78, 5) is 13.5. The van der Waals surface area contributed by atoms with Gasteiger partial charge in [0.1, 0.15) is 0 Å². The maximum absolute atomic E-state index is 12.3. The van der Waals surface area contributed by atoms with Crippen LogP contribution in [0.25, 0.3) is 0 Å². The van der Waals surface area contributed by atoms with Crippen molar-refractivity contribution in [3.05, 3.63) is 16.1 Å². The molecule has 1 N–H and O–H groups in total. The van der Waals surface area contributed by atoms with Crippen LogP contribution in [0.15, 0.2) is 5.51 Å². The zero-order chi connectivity index (χ0) is 16.7. The summed E-state index contributed by atoms with van der Waals surface area (Å²) in [5.41, 5.74) is 3.33. The summed E-state index contributed by atoms with van der Waals surface area (Å²) < 4.78 is 7.71. The van der Waals surface area contributed by atoms with Gasteiger partial charge >= 0.3 is 5.97 Å². The molecule has 5 rings (SSSR count). The number of aliphatic hydroxyl groups excluding tert-OH is 1. The Bertz CT molecular complexity index is 589. The Balaban J connectivity index is 1.34. The fourth-order valence-electron chi connectivity index (χ4n) is 5.83. The molecule has 1 heterocycles. The van der Waals surface area contributed by atoms with Gasteiger partial charge in [-0.1, -0.05) is 11.3 Å². The van der Waals surface area contributed by atoms with Crippen LogP contribution in [0, 0.1) is 30.1 Å².